The van der Waals surface area contributed by atoms with Gasteiger partial charge in [0.25, 0.3) is 5.91 Å². The van der Waals surface area contributed by atoms with Crippen molar-refractivity contribution in [1.29, 1.82) is 0 Å². The van der Waals surface area contributed by atoms with Crippen LogP contribution in [0.5, 0.6) is 0 Å². The molecule has 0 aromatic carbocycles. The van der Waals surface area contributed by atoms with Gasteiger partial charge in [0, 0.05) is 36.1 Å². The fourth-order valence-electron chi connectivity index (χ4n) is 3.29. The van der Waals surface area contributed by atoms with Crippen molar-refractivity contribution < 1.29 is 4.79 Å². The highest BCUT2D eigenvalue weighted by Gasteiger charge is 2.31. The fraction of sp³-hybridized carbons (Fsp3) is 0.333. The molecule has 0 spiro atoms. The molecule has 0 fully saturated rings. The molecule has 4 nitrogen and oxygen atoms in total. The maximum atomic E-state index is 12.2. The molecule has 1 amide bonds. The second-order valence-corrected chi connectivity index (χ2v) is 5.44. The zero-order valence-corrected chi connectivity index (χ0v) is 10.8. The van der Waals surface area contributed by atoms with Crippen LogP contribution in [0.25, 0.3) is 11.3 Å². The van der Waals surface area contributed by atoms with E-state index in [1.54, 1.807) is 0 Å². The average Bonchev–Trinajstić information content (AvgIpc) is 2.77. The molecule has 19 heavy (non-hydrogen) atoms. The van der Waals surface area contributed by atoms with E-state index in [1.165, 1.54) is 16.7 Å². The van der Waals surface area contributed by atoms with Crippen LogP contribution in [0.4, 0.5) is 0 Å². The summed E-state index contributed by atoms with van der Waals surface area (Å²) in [7, 11) is 0. The number of carbonyl (C=O) groups excluding carboxylic acids is 1. The van der Waals surface area contributed by atoms with Gasteiger partial charge in [-0.15, -0.1) is 0 Å². The number of hydrogen-bond acceptors (Lipinski definition) is 2. The van der Waals surface area contributed by atoms with E-state index in [0.29, 0.717) is 0 Å². The van der Waals surface area contributed by atoms with Gasteiger partial charge in [0.2, 0.25) is 0 Å². The van der Waals surface area contributed by atoms with Crippen molar-refractivity contribution in [3.8, 4) is 11.3 Å². The fourth-order valence-corrected chi connectivity index (χ4v) is 3.29. The second kappa shape index (κ2) is 3.70. The number of nitrogens with one attached hydrogen (secondary N) is 2. The Morgan fingerprint density at radius 1 is 1.37 bits per heavy atom. The zero-order chi connectivity index (χ0) is 13.0. The highest BCUT2D eigenvalue weighted by Crippen LogP contribution is 2.37. The number of carbonyl (C=O) groups is 1. The van der Waals surface area contributed by atoms with Crippen LogP contribution < -0.4 is 5.32 Å². The third-order valence-corrected chi connectivity index (χ3v) is 4.11. The summed E-state index contributed by atoms with van der Waals surface area (Å²) in [4.78, 5) is 19.9. The van der Waals surface area contributed by atoms with Gasteiger partial charge in [-0.05, 0) is 37.0 Å². The van der Waals surface area contributed by atoms with Crippen molar-refractivity contribution in [2.24, 2.45) is 0 Å². The van der Waals surface area contributed by atoms with Crippen LogP contribution in [-0.2, 0) is 19.3 Å². The lowest BCUT2D eigenvalue weighted by molar-refractivity contribution is 0.0928. The third-order valence-electron chi connectivity index (χ3n) is 4.11. The highest BCUT2D eigenvalue weighted by molar-refractivity contribution is 6.00. The summed E-state index contributed by atoms with van der Waals surface area (Å²) in [6.07, 6.45) is 6.51. The number of aromatic nitrogens is 2. The third kappa shape index (κ3) is 1.46. The van der Waals surface area contributed by atoms with Gasteiger partial charge >= 0.3 is 0 Å². The normalized spacial score (nSPS) is 20.3. The quantitative estimate of drug-likeness (QED) is 0.752. The monoisotopic (exact) mass is 253 g/mol. The summed E-state index contributed by atoms with van der Waals surface area (Å²) in [6.45, 7) is 2.04. The molecule has 1 aliphatic heterocycles. The van der Waals surface area contributed by atoms with E-state index in [4.69, 9.17) is 0 Å². The van der Waals surface area contributed by atoms with Gasteiger partial charge in [-0.25, -0.2) is 0 Å². The van der Waals surface area contributed by atoms with Crippen molar-refractivity contribution in [2.75, 3.05) is 0 Å². The molecule has 3 heterocycles. The Bertz CT molecular complexity index is 687. The van der Waals surface area contributed by atoms with Gasteiger partial charge in [0.15, 0.2) is 0 Å². The summed E-state index contributed by atoms with van der Waals surface area (Å²) < 4.78 is 0. The Balaban J connectivity index is 1.95. The summed E-state index contributed by atoms with van der Waals surface area (Å²) in [5.74, 6) is 0.0729. The van der Waals surface area contributed by atoms with Gasteiger partial charge in [-0.1, -0.05) is 0 Å². The molecule has 2 N–H and O–H groups in total. The topological polar surface area (TPSA) is 57.8 Å². The first kappa shape index (κ1) is 10.8. The SMILES string of the molecule is CC1Cc2[nH]c3c(c2C(=O)N1)CCc1cnccc1-3. The summed E-state index contributed by atoms with van der Waals surface area (Å²) in [5.41, 5.74) is 6.74. The lowest BCUT2D eigenvalue weighted by Gasteiger charge is -2.21. The molecule has 0 saturated heterocycles. The predicted octanol–water partition coefficient (Wildman–Crippen LogP) is 1.85. The molecular weight excluding hydrogens is 238 g/mol. The number of pyridine rings is 1. The maximum absolute atomic E-state index is 12.2. The van der Waals surface area contributed by atoms with Gasteiger partial charge in [-0.2, -0.15) is 0 Å². The minimum atomic E-state index is 0.0729. The average molecular weight is 253 g/mol. The Labute approximate surface area is 111 Å². The zero-order valence-electron chi connectivity index (χ0n) is 10.8. The number of H-pyrrole nitrogens is 1. The molecule has 1 aliphatic carbocycles. The first-order valence-corrected chi connectivity index (χ1v) is 6.72. The van der Waals surface area contributed by atoms with E-state index >= 15 is 0 Å². The predicted molar refractivity (Wildman–Crippen MR) is 72.1 cm³/mol. The molecule has 2 aromatic rings. The lowest BCUT2D eigenvalue weighted by atomic mass is 9.88. The van der Waals surface area contributed by atoms with Crippen LogP contribution in [0, 0.1) is 0 Å². The number of rotatable bonds is 0. The van der Waals surface area contributed by atoms with Gasteiger partial charge in [-0.3, -0.25) is 9.78 Å². The number of amides is 1. The Kier molecular flexibility index (Phi) is 2.10. The first-order valence-electron chi connectivity index (χ1n) is 6.72. The molecule has 1 unspecified atom stereocenters. The molecule has 0 radical (unpaired) electrons. The molecule has 4 heteroatoms. The number of nitrogens with zero attached hydrogens (tertiary/aromatic N) is 1. The van der Waals surface area contributed by atoms with Gasteiger partial charge in [0.05, 0.1) is 11.3 Å². The van der Waals surface area contributed by atoms with Gasteiger partial charge in [0.1, 0.15) is 0 Å². The van der Waals surface area contributed by atoms with Crippen LogP contribution in [-0.4, -0.2) is 21.9 Å². The molecular formula is C15H15N3O. The minimum Gasteiger partial charge on any atom is -0.357 e. The van der Waals surface area contributed by atoms with Crippen molar-refractivity contribution >= 4 is 5.91 Å². The number of fused-ring (bicyclic) bond motifs is 5. The number of aromatic amines is 1. The van der Waals surface area contributed by atoms with Crippen molar-refractivity contribution in [3.05, 3.63) is 40.8 Å². The van der Waals surface area contributed by atoms with E-state index in [2.05, 4.69) is 15.3 Å². The molecule has 0 bridgehead atoms. The van der Waals surface area contributed by atoms with E-state index in [0.717, 1.165) is 36.2 Å². The van der Waals surface area contributed by atoms with Crippen LogP contribution in [0.2, 0.25) is 0 Å². The molecule has 0 saturated carbocycles. The van der Waals surface area contributed by atoms with E-state index in [-0.39, 0.29) is 11.9 Å². The van der Waals surface area contributed by atoms with Crippen molar-refractivity contribution in [2.45, 2.75) is 32.2 Å². The highest BCUT2D eigenvalue weighted by atomic mass is 16.1. The standard InChI is InChI=1S/C15H15N3O/c1-8-6-12-13(15(19)17-8)11-3-2-9-7-16-5-4-10(9)14(11)18-12/h4-5,7-8,18H,2-3,6H2,1H3,(H,17,19). The van der Waals surface area contributed by atoms with Crippen LogP contribution >= 0.6 is 0 Å². The summed E-state index contributed by atoms with van der Waals surface area (Å²) >= 11 is 0. The molecule has 4 rings (SSSR count). The largest absolute Gasteiger partial charge is 0.357 e. The number of aryl methyl sites for hydroxylation is 1. The smallest absolute Gasteiger partial charge is 0.253 e. The van der Waals surface area contributed by atoms with Crippen LogP contribution in [0.15, 0.2) is 18.5 Å². The van der Waals surface area contributed by atoms with Crippen molar-refractivity contribution in [1.82, 2.24) is 15.3 Å². The van der Waals surface area contributed by atoms with E-state index in [9.17, 15) is 4.79 Å². The molecule has 2 aromatic heterocycles. The second-order valence-electron chi connectivity index (χ2n) is 5.44. The Morgan fingerprint density at radius 2 is 2.26 bits per heavy atom. The molecule has 1 atom stereocenters. The minimum absolute atomic E-state index is 0.0729. The summed E-state index contributed by atoms with van der Waals surface area (Å²) in [6, 6.07) is 2.24. The van der Waals surface area contributed by atoms with E-state index < -0.39 is 0 Å². The Hall–Kier alpha value is -2.10. The summed E-state index contributed by atoms with van der Waals surface area (Å²) in [5, 5.41) is 3.02. The lowest BCUT2D eigenvalue weighted by Crippen LogP contribution is -2.39. The first-order chi connectivity index (χ1) is 9.24. The van der Waals surface area contributed by atoms with Crippen molar-refractivity contribution in [3.63, 3.8) is 0 Å². The van der Waals surface area contributed by atoms with Gasteiger partial charge < -0.3 is 10.3 Å². The maximum Gasteiger partial charge on any atom is 0.253 e. The number of hydrogen-bond donors (Lipinski definition) is 2. The van der Waals surface area contributed by atoms with E-state index in [1.807, 2.05) is 25.4 Å². The van der Waals surface area contributed by atoms with Crippen LogP contribution in [0.3, 0.4) is 0 Å². The van der Waals surface area contributed by atoms with Crippen LogP contribution in [0.1, 0.15) is 34.1 Å². The molecule has 2 aliphatic rings. The molecule has 96 valence electrons. The Morgan fingerprint density at radius 3 is 3.16 bits per heavy atom.